The van der Waals surface area contributed by atoms with E-state index in [1.165, 1.54) is 11.4 Å². The van der Waals surface area contributed by atoms with Crippen LogP contribution in [0.5, 0.6) is 0 Å². The molecule has 1 saturated heterocycles. The number of ether oxygens (including phenoxy) is 2. The predicted octanol–water partition coefficient (Wildman–Crippen LogP) is 0.769. The van der Waals surface area contributed by atoms with Gasteiger partial charge in [0.1, 0.15) is 0 Å². The van der Waals surface area contributed by atoms with E-state index in [0.29, 0.717) is 38.9 Å². The molecule has 1 heterocycles. The molecule has 0 bridgehead atoms. The lowest BCUT2D eigenvalue weighted by molar-refractivity contribution is -0.145. The molecule has 0 radical (unpaired) electrons. The molecule has 2 rings (SSSR count). The summed E-state index contributed by atoms with van der Waals surface area (Å²) in [4.78, 5) is 11.7. The molecule has 6 nitrogen and oxygen atoms in total. The van der Waals surface area contributed by atoms with E-state index in [1.807, 2.05) is 0 Å². The summed E-state index contributed by atoms with van der Waals surface area (Å²) < 4.78 is 37.0. The Bertz CT molecular complexity index is 444. The molecular formula is C13H23NO5S. The summed E-state index contributed by atoms with van der Waals surface area (Å²) in [5.74, 6) is -0.927. The molecule has 1 saturated carbocycles. The fourth-order valence-electron chi connectivity index (χ4n) is 3.17. The Morgan fingerprint density at radius 2 is 1.85 bits per heavy atom. The molecular weight excluding hydrogens is 282 g/mol. The maximum Gasteiger partial charge on any atom is 0.310 e. The van der Waals surface area contributed by atoms with E-state index in [4.69, 9.17) is 9.47 Å². The van der Waals surface area contributed by atoms with Crippen molar-refractivity contribution < 1.29 is 22.7 Å². The fourth-order valence-corrected chi connectivity index (χ4v) is 5.35. The third-order valence-corrected chi connectivity index (χ3v) is 6.88. The number of sulfonamides is 1. The first-order valence-electron chi connectivity index (χ1n) is 7.11. The SMILES string of the molecule is COC(=O)C1CCCC1S(=O)(=O)N(C)C1CCOCC1. The van der Waals surface area contributed by atoms with Crippen LogP contribution in [0.3, 0.4) is 0 Å². The summed E-state index contributed by atoms with van der Waals surface area (Å²) in [5.41, 5.74) is 0. The van der Waals surface area contributed by atoms with Crippen LogP contribution < -0.4 is 0 Å². The first-order valence-corrected chi connectivity index (χ1v) is 8.61. The zero-order valence-electron chi connectivity index (χ0n) is 12.1. The van der Waals surface area contributed by atoms with Crippen LogP contribution in [-0.4, -0.2) is 57.4 Å². The Balaban J connectivity index is 2.13. The van der Waals surface area contributed by atoms with Gasteiger partial charge in [-0.05, 0) is 25.7 Å². The van der Waals surface area contributed by atoms with Gasteiger partial charge in [0.15, 0.2) is 0 Å². The molecule has 116 valence electrons. The highest BCUT2D eigenvalue weighted by Gasteiger charge is 2.45. The van der Waals surface area contributed by atoms with Crippen molar-refractivity contribution in [2.24, 2.45) is 5.92 Å². The maximum absolute atomic E-state index is 12.7. The average Bonchev–Trinajstić information content (AvgIpc) is 2.96. The smallest absolute Gasteiger partial charge is 0.310 e. The molecule has 20 heavy (non-hydrogen) atoms. The first-order chi connectivity index (χ1) is 9.48. The molecule has 1 aliphatic heterocycles. The van der Waals surface area contributed by atoms with E-state index in [-0.39, 0.29) is 6.04 Å². The minimum atomic E-state index is -3.47. The van der Waals surface area contributed by atoms with Gasteiger partial charge in [-0.3, -0.25) is 4.79 Å². The lowest BCUT2D eigenvalue weighted by Crippen LogP contribution is -2.47. The number of methoxy groups -OCH3 is 1. The molecule has 0 aromatic heterocycles. The minimum absolute atomic E-state index is 0.0207. The third kappa shape index (κ3) is 2.99. The van der Waals surface area contributed by atoms with Crippen molar-refractivity contribution in [1.29, 1.82) is 0 Å². The molecule has 0 N–H and O–H groups in total. The van der Waals surface area contributed by atoms with Crippen molar-refractivity contribution in [3.63, 3.8) is 0 Å². The van der Waals surface area contributed by atoms with Crippen molar-refractivity contribution in [2.45, 2.75) is 43.4 Å². The molecule has 0 amide bonds. The molecule has 0 aromatic carbocycles. The van der Waals surface area contributed by atoms with Crippen LogP contribution in [0.2, 0.25) is 0 Å². The Labute approximate surface area is 120 Å². The van der Waals surface area contributed by atoms with Crippen molar-refractivity contribution in [2.75, 3.05) is 27.4 Å². The number of carbonyl (C=O) groups excluding carboxylic acids is 1. The summed E-state index contributed by atoms with van der Waals surface area (Å²) in [7, 11) is -0.531. The Hall–Kier alpha value is -0.660. The monoisotopic (exact) mass is 305 g/mol. The number of nitrogens with zero attached hydrogens (tertiary/aromatic N) is 1. The summed E-state index contributed by atoms with van der Waals surface area (Å²) in [6.07, 6.45) is 3.32. The number of esters is 1. The standard InChI is InChI=1S/C13H23NO5S/c1-14(10-6-8-19-9-7-10)20(16,17)12-5-3-4-11(12)13(15)18-2/h10-12H,3-9H2,1-2H3. The van der Waals surface area contributed by atoms with Crippen LogP contribution in [0.15, 0.2) is 0 Å². The molecule has 2 atom stereocenters. The second-order valence-corrected chi connectivity index (χ2v) is 7.72. The van der Waals surface area contributed by atoms with Crippen LogP contribution >= 0.6 is 0 Å². The summed E-state index contributed by atoms with van der Waals surface area (Å²) >= 11 is 0. The molecule has 7 heteroatoms. The van der Waals surface area contributed by atoms with Gasteiger partial charge in [0, 0.05) is 26.3 Å². The van der Waals surface area contributed by atoms with E-state index in [0.717, 1.165) is 6.42 Å². The van der Waals surface area contributed by atoms with Gasteiger partial charge >= 0.3 is 5.97 Å². The molecule has 2 fully saturated rings. The summed E-state index contributed by atoms with van der Waals surface area (Å²) in [5, 5.41) is -0.636. The van der Waals surface area contributed by atoms with Gasteiger partial charge in [-0.1, -0.05) is 6.42 Å². The van der Waals surface area contributed by atoms with Crippen molar-refractivity contribution in [3.8, 4) is 0 Å². The van der Waals surface area contributed by atoms with Gasteiger partial charge in [-0.2, -0.15) is 0 Å². The van der Waals surface area contributed by atoms with Gasteiger partial charge in [-0.15, -0.1) is 0 Å². The van der Waals surface area contributed by atoms with Crippen molar-refractivity contribution >= 4 is 16.0 Å². The second kappa shape index (κ2) is 6.41. The largest absolute Gasteiger partial charge is 0.469 e. The topological polar surface area (TPSA) is 72.9 Å². The van der Waals surface area contributed by atoms with E-state index >= 15 is 0 Å². The highest BCUT2D eigenvalue weighted by atomic mass is 32.2. The molecule has 1 aliphatic carbocycles. The van der Waals surface area contributed by atoms with Crippen LogP contribution in [0.1, 0.15) is 32.1 Å². The first kappa shape index (κ1) is 15.7. The van der Waals surface area contributed by atoms with Crippen LogP contribution in [0.4, 0.5) is 0 Å². The minimum Gasteiger partial charge on any atom is -0.469 e. The van der Waals surface area contributed by atoms with Crippen molar-refractivity contribution in [1.82, 2.24) is 4.31 Å². The molecule has 0 spiro atoms. The lowest BCUT2D eigenvalue weighted by Gasteiger charge is -2.33. The third-order valence-electron chi connectivity index (χ3n) is 4.45. The van der Waals surface area contributed by atoms with E-state index in [1.54, 1.807) is 7.05 Å². The molecule has 2 unspecified atom stereocenters. The molecule has 0 aromatic rings. The zero-order chi connectivity index (χ0) is 14.8. The normalized spacial score (nSPS) is 28.8. The van der Waals surface area contributed by atoms with Crippen molar-refractivity contribution in [3.05, 3.63) is 0 Å². The predicted molar refractivity (Wildman–Crippen MR) is 73.7 cm³/mol. The Kier molecular flexibility index (Phi) is 5.04. The number of hydrogen-bond donors (Lipinski definition) is 0. The lowest BCUT2D eigenvalue weighted by atomic mass is 10.1. The van der Waals surface area contributed by atoms with Crippen LogP contribution in [0, 0.1) is 5.92 Å². The van der Waals surface area contributed by atoms with E-state index < -0.39 is 27.2 Å². The number of hydrogen-bond acceptors (Lipinski definition) is 5. The Morgan fingerprint density at radius 1 is 1.20 bits per heavy atom. The quantitative estimate of drug-likeness (QED) is 0.717. The van der Waals surface area contributed by atoms with E-state index in [9.17, 15) is 13.2 Å². The molecule has 2 aliphatic rings. The van der Waals surface area contributed by atoms with Gasteiger partial charge in [0.2, 0.25) is 10.0 Å². The Morgan fingerprint density at radius 3 is 2.45 bits per heavy atom. The zero-order valence-corrected chi connectivity index (χ0v) is 12.9. The van der Waals surface area contributed by atoms with Gasteiger partial charge in [0.05, 0.1) is 18.3 Å². The van der Waals surface area contributed by atoms with Gasteiger partial charge < -0.3 is 9.47 Å². The van der Waals surface area contributed by atoms with Crippen LogP contribution in [-0.2, 0) is 24.3 Å². The second-order valence-electron chi connectivity index (χ2n) is 5.50. The average molecular weight is 305 g/mol. The van der Waals surface area contributed by atoms with Gasteiger partial charge in [0.25, 0.3) is 0 Å². The van der Waals surface area contributed by atoms with Gasteiger partial charge in [-0.25, -0.2) is 12.7 Å². The maximum atomic E-state index is 12.7. The summed E-state index contributed by atoms with van der Waals surface area (Å²) in [6, 6.07) is -0.0207. The van der Waals surface area contributed by atoms with Crippen LogP contribution in [0.25, 0.3) is 0 Å². The number of rotatable bonds is 4. The highest BCUT2D eigenvalue weighted by Crippen LogP contribution is 2.34. The number of carbonyl (C=O) groups is 1. The fraction of sp³-hybridized carbons (Fsp3) is 0.923. The van der Waals surface area contributed by atoms with E-state index in [2.05, 4.69) is 0 Å². The highest BCUT2D eigenvalue weighted by molar-refractivity contribution is 7.89. The summed E-state index contributed by atoms with van der Waals surface area (Å²) in [6.45, 7) is 1.19.